The zero-order valence-corrected chi connectivity index (χ0v) is 13.6. The molecule has 6 nitrogen and oxygen atoms in total. The van der Waals surface area contributed by atoms with E-state index in [4.69, 9.17) is 4.74 Å². The maximum absolute atomic E-state index is 12.2. The Balaban J connectivity index is 1.67. The third kappa shape index (κ3) is 3.85. The number of rotatable bonds is 6. The SMILES string of the molecule is O=Cc1ccccc1OCC(=O)Nc1ccccc1N1CCCC1=O. The highest BCUT2D eigenvalue weighted by Crippen LogP contribution is 2.29. The summed E-state index contributed by atoms with van der Waals surface area (Å²) in [4.78, 5) is 36.8. The molecule has 1 saturated heterocycles. The summed E-state index contributed by atoms with van der Waals surface area (Å²) >= 11 is 0. The monoisotopic (exact) mass is 338 g/mol. The zero-order valence-electron chi connectivity index (χ0n) is 13.6. The topological polar surface area (TPSA) is 75.7 Å². The molecule has 0 aromatic heterocycles. The second-order valence-corrected chi connectivity index (χ2v) is 5.66. The van der Waals surface area contributed by atoms with E-state index in [9.17, 15) is 14.4 Å². The Labute approximate surface area is 145 Å². The maximum atomic E-state index is 12.2. The van der Waals surface area contributed by atoms with Crippen LogP contribution in [0.1, 0.15) is 23.2 Å². The van der Waals surface area contributed by atoms with Crippen molar-refractivity contribution in [2.75, 3.05) is 23.4 Å². The second kappa shape index (κ2) is 7.61. The van der Waals surface area contributed by atoms with Crippen LogP contribution in [0.2, 0.25) is 0 Å². The average molecular weight is 338 g/mol. The lowest BCUT2D eigenvalue weighted by Gasteiger charge is -2.20. The number of carbonyl (C=O) groups is 3. The standard InChI is InChI=1S/C19H18N2O4/c22-12-14-6-1-4-9-17(14)25-13-18(23)20-15-7-2-3-8-16(15)21-11-5-10-19(21)24/h1-4,6-9,12H,5,10-11,13H2,(H,20,23). The van der Waals surface area contributed by atoms with E-state index < -0.39 is 0 Å². The fourth-order valence-corrected chi connectivity index (χ4v) is 2.76. The van der Waals surface area contributed by atoms with Crippen molar-refractivity contribution in [3.63, 3.8) is 0 Å². The summed E-state index contributed by atoms with van der Waals surface area (Å²) in [6.07, 6.45) is 2.02. The van der Waals surface area contributed by atoms with Gasteiger partial charge in [-0.05, 0) is 30.7 Å². The molecule has 25 heavy (non-hydrogen) atoms. The van der Waals surface area contributed by atoms with Gasteiger partial charge in [-0.2, -0.15) is 0 Å². The molecule has 2 amide bonds. The lowest BCUT2D eigenvalue weighted by molar-refractivity contribution is -0.118. The Morgan fingerprint density at radius 3 is 2.68 bits per heavy atom. The summed E-state index contributed by atoms with van der Waals surface area (Å²) in [5.41, 5.74) is 1.64. The van der Waals surface area contributed by atoms with Crippen LogP contribution in [0.25, 0.3) is 0 Å². The van der Waals surface area contributed by atoms with Crippen LogP contribution < -0.4 is 15.0 Å². The van der Waals surface area contributed by atoms with Crippen LogP contribution in [0.3, 0.4) is 0 Å². The van der Waals surface area contributed by atoms with Crippen LogP contribution in [0.5, 0.6) is 5.75 Å². The molecule has 1 heterocycles. The normalized spacial score (nSPS) is 13.6. The summed E-state index contributed by atoms with van der Waals surface area (Å²) in [7, 11) is 0. The molecule has 0 unspecified atom stereocenters. The number of nitrogens with one attached hydrogen (secondary N) is 1. The third-order valence-electron chi connectivity index (χ3n) is 3.95. The predicted octanol–water partition coefficient (Wildman–Crippen LogP) is 2.64. The van der Waals surface area contributed by atoms with E-state index in [0.29, 0.717) is 41.9 Å². The van der Waals surface area contributed by atoms with Crippen molar-refractivity contribution in [1.82, 2.24) is 0 Å². The molecular weight excluding hydrogens is 320 g/mol. The highest BCUT2D eigenvalue weighted by molar-refractivity contribution is 6.02. The lowest BCUT2D eigenvalue weighted by atomic mass is 10.2. The van der Waals surface area contributed by atoms with Crippen molar-refractivity contribution < 1.29 is 19.1 Å². The van der Waals surface area contributed by atoms with Crippen LogP contribution in [-0.4, -0.2) is 31.3 Å². The molecule has 0 atom stereocenters. The molecule has 3 rings (SSSR count). The van der Waals surface area contributed by atoms with E-state index >= 15 is 0 Å². The molecule has 1 aliphatic heterocycles. The average Bonchev–Trinajstić information content (AvgIpc) is 3.06. The van der Waals surface area contributed by atoms with E-state index in [-0.39, 0.29) is 18.4 Å². The van der Waals surface area contributed by atoms with Gasteiger partial charge in [0.2, 0.25) is 5.91 Å². The van der Waals surface area contributed by atoms with Crippen molar-refractivity contribution in [3.8, 4) is 5.75 Å². The van der Waals surface area contributed by atoms with Crippen LogP contribution >= 0.6 is 0 Å². The van der Waals surface area contributed by atoms with E-state index in [0.717, 1.165) is 6.42 Å². The number of hydrogen-bond acceptors (Lipinski definition) is 4. The van der Waals surface area contributed by atoms with Crippen molar-refractivity contribution in [1.29, 1.82) is 0 Å². The molecule has 2 aromatic carbocycles. The Morgan fingerprint density at radius 2 is 1.92 bits per heavy atom. The van der Waals surface area contributed by atoms with E-state index in [1.807, 2.05) is 6.07 Å². The Hall–Kier alpha value is -3.15. The number of hydrogen-bond donors (Lipinski definition) is 1. The van der Waals surface area contributed by atoms with Gasteiger partial charge in [-0.25, -0.2) is 0 Å². The van der Waals surface area contributed by atoms with Crippen LogP contribution in [0, 0.1) is 0 Å². The summed E-state index contributed by atoms with van der Waals surface area (Å²) in [6.45, 7) is 0.419. The van der Waals surface area contributed by atoms with Crippen molar-refractivity contribution >= 4 is 29.5 Å². The fraction of sp³-hybridized carbons (Fsp3) is 0.211. The first kappa shape index (κ1) is 16.7. The molecule has 0 aliphatic carbocycles. The van der Waals surface area contributed by atoms with Gasteiger partial charge in [-0.3, -0.25) is 14.4 Å². The first-order valence-corrected chi connectivity index (χ1v) is 8.05. The minimum absolute atomic E-state index is 0.0536. The minimum atomic E-state index is -0.361. The molecule has 0 saturated carbocycles. The van der Waals surface area contributed by atoms with Crippen molar-refractivity contribution in [3.05, 3.63) is 54.1 Å². The van der Waals surface area contributed by atoms with Crippen LogP contribution in [-0.2, 0) is 9.59 Å². The number of anilines is 2. The number of nitrogens with zero attached hydrogens (tertiary/aromatic N) is 1. The molecule has 0 spiro atoms. The third-order valence-corrected chi connectivity index (χ3v) is 3.95. The van der Waals surface area contributed by atoms with Gasteiger partial charge in [-0.1, -0.05) is 24.3 Å². The van der Waals surface area contributed by atoms with Crippen LogP contribution in [0.4, 0.5) is 11.4 Å². The fourth-order valence-electron chi connectivity index (χ4n) is 2.76. The minimum Gasteiger partial charge on any atom is -0.483 e. The molecule has 2 aromatic rings. The maximum Gasteiger partial charge on any atom is 0.262 e. The molecule has 128 valence electrons. The number of para-hydroxylation sites is 3. The van der Waals surface area contributed by atoms with E-state index in [2.05, 4.69) is 5.32 Å². The highest BCUT2D eigenvalue weighted by atomic mass is 16.5. The molecule has 1 aliphatic rings. The summed E-state index contributed by atoms with van der Waals surface area (Å²) in [6, 6.07) is 13.9. The highest BCUT2D eigenvalue weighted by Gasteiger charge is 2.24. The molecule has 1 fully saturated rings. The van der Waals surface area contributed by atoms with Crippen molar-refractivity contribution in [2.24, 2.45) is 0 Å². The van der Waals surface area contributed by atoms with Gasteiger partial charge in [0, 0.05) is 13.0 Å². The largest absolute Gasteiger partial charge is 0.483 e. The van der Waals surface area contributed by atoms with Gasteiger partial charge in [0.25, 0.3) is 5.91 Å². The molecule has 0 bridgehead atoms. The summed E-state index contributed by atoms with van der Waals surface area (Å²) < 4.78 is 5.42. The van der Waals surface area contributed by atoms with E-state index in [1.165, 1.54) is 0 Å². The lowest BCUT2D eigenvalue weighted by Crippen LogP contribution is -2.27. The molecular formula is C19H18N2O4. The molecule has 6 heteroatoms. The molecule has 0 radical (unpaired) electrons. The summed E-state index contributed by atoms with van der Waals surface area (Å²) in [5.74, 6) is 0.0494. The van der Waals surface area contributed by atoms with Crippen LogP contribution in [0.15, 0.2) is 48.5 Å². The van der Waals surface area contributed by atoms with Gasteiger partial charge in [0.1, 0.15) is 5.75 Å². The van der Waals surface area contributed by atoms with Gasteiger partial charge in [-0.15, -0.1) is 0 Å². The van der Waals surface area contributed by atoms with Crippen molar-refractivity contribution in [2.45, 2.75) is 12.8 Å². The van der Waals surface area contributed by atoms with Gasteiger partial charge < -0.3 is 15.0 Å². The molecule has 1 N–H and O–H groups in total. The Morgan fingerprint density at radius 1 is 1.16 bits per heavy atom. The Bertz CT molecular complexity index is 804. The number of ether oxygens (including phenoxy) is 1. The number of benzene rings is 2. The number of aldehydes is 1. The Kier molecular flexibility index (Phi) is 5.09. The smallest absolute Gasteiger partial charge is 0.262 e. The quantitative estimate of drug-likeness (QED) is 0.822. The predicted molar refractivity (Wildman–Crippen MR) is 94.0 cm³/mol. The first-order chi connectivity index (χ1) is 12.2. The van der Waals surface area contributed by atoms with Gasteiger partial charge in [0.15, 0.2) is 12.9 Å². The van der Waals surface area contributed by atoms with Gasteiger partial charge >= 0.3 is 0 Å². The number of amides is 2. The van der Waals surface area contributed by atoms with E-state index in [1.54, 1.807) is 47.4 Å². The van der Waals surface area contributed by atoms with Gasteiger partial charge in [0.05, 0.1) is 16.9 Å². The number of carbonyl (C=O) groups excluding carboxylic acids is 3. The second-order valence-electron chi connectivity index (χ2n) is 5.66. The first-order valence-electron chi connectivity index (χ1n) is 8.05. The zero-order chi connectivity index (χ0) is 17.6. The summed E-state index contributed by atoms with van der Waals surface area (Å²) in [5, 5.41) is 2.77.